The fourth-order valence-electron chi connectivity index (χ4n) is 2.61. The molecule has 0 unspecified atom stereocenters. The predicted molar refractivity (Wildman–Crippen MR) is 88.0 cm³/mol. The molecule has 1 fully saturated rings. The third kappa shape index (κ3) is 4.17. The van der Waals surface area contributed by atoms with Crippen molar-refractivity contribution in [3.63, 3.8) is 0 Å². The number of hydrogen-bond donors (Lipinski definition) is 1. The number of hydrogen-bond acceptors (Lipinski definition) is 6. The zero-order valence-electron chi connectivity index (χ0n) is 14.3. The van der Waals surface area contributed by atoms with Crippen LogP contribution in [0.1, 0.15) is 29.7 Å². The molecule has 0 spiro atoms. The molecule has 0 radical (unpaired) electrons. The summed E-state index contributed by atoms with van der Waals surface area (Å²) in [4.78, 5) is 15.5. The number of likely N-dealkylation sites (N-methyl/N-ethyl adjacent to an activating group) is 1. The number of aromatic nitrogens is 2. The quantitative estimate of drug-likeness (QED) is 0.889. The van der Waals surface area contributed by atoms with Gasteiger partial charge in [0.15, 0.2) is 5.82 Å². The van der Waals surface area contributed by atoms with Gasteiger partial charge in [0, 0.05) is 33.2 Å². The molecule has 1 amide bonds. The van der Waals surface area contributed by atoms with E-state index in [0.717, 1.165) is 37.2 Å². The van der Waals surface area contributed by atoms with Gasteiger partial charge in [0.25, 0.3) is 0 Å². The highest BCUT2D eigenvalue weighted by Gasteiger charge is 2.23. The minimum atomic E-state index is 0.128. The van der Waals surface area contributed by atoms with Crippen LogP contribution >= 0.6 is 0 Å². The fourth-order valence-corrected chi connectivity index (χ4v) is 2.61. The summed E-state index contributed by atoms with van der Waals surface area (Å²) >= 11 is 0. The Morgan fingerprint density at radius 3 is 2.57 bits per heavy atom. The summed E-state index contributed by atoms with van der Waals surface area (Å²) in [5.74, 6) is 0.696. The maximum absolute atomic E-state index is 11.8. The Balaban J connectivity index is 1.94. The Labute approximate surface area is 137 Å². The maximum Gasteiger partial charge on any atom is 0.236 e. The molecule has 7 nitrogen and oxygen atoms in total. The minimum Gasteiger partial charge on any atom is -0.365 e. The number of nitrogens with zero attached hydrogens (tertiary/aromatic N) is 5. The van der Waals surface area contributed by atoms with E-state index in [1.54, 1.807) is 19.0 Å². The monoisotopic (exact) mass is 316 g/mol. The predicted octanol–water partition coefficient (Wildman–Crippen LogP) is 0.930. The third-order valence-electron chi connectivity index (χ3n) is 4.35. The summed E-state index contributed by atoms with van der Waals surface area (Å²) in [5, 5.41) is 20.9. The van der Waals surface area contributed by atoms with E-state index >= 15 is 0 Å². The standard InChI is InChI=1S/C16H24N6O/c1-11-12(2)19-20-16(14(11)9-17)18-13-5-7-22(8-6-13)10-15(23)21(3)4/h13H,5-8,10H2,1-4H3,(H,18,20). The molecule has 2 rings (SSSR count). The first-order valence-electron chi connectivity index (χ1n) is 7.85. The fraction of sp³-hybridized carbons (Fsp3) is 0.625. The highest BCUT2D eigenvalue weighted by molar-refractivity contribution is 5.77. The van der Waals surface area contributed by atoms with E-state index in [2.05, 4.69) is 26.5 Å². The summed E-state index contributed by atoms with van der Waals surface area (Å²) in [6.07, 6.45) is 1.83. The lowest BCUT2D eigenvalue weighted by molar-refractivity contribution is -0.130. The molecule has 1 N–H and O–H groups in total. The summed E-state index contributed by atoms with van der Waals surface area (Å²) in [5.41, 5.74) is 2.23. The zero-order chi connectivity index (χ0) is 17.0. The molecule has 0 atom stereocenters. The molecule has 23 heavy (non-hydrogen) atoms. The van der Waals surface area contributed by atoms with Crippen molar-refractivity contribution in [1.82, 2.24) is 20.0 Å². The first kappa shape index (κ1) is 17.2. The van der Waals surface area contributed by atoms with Gasteiger partial charge in [-0.25, -0.2) is 0 Å². The van der Waals surface area contributed by atoms with E-state index in [9.17, 15) is 10.1 Å². The van der Waals surface area contributed by atoms with Crippen molar-refractivity contribution in [3.05, 3.63) is 16.8 Å². The van der Waals surface area contributed by atoms with Crippen LogP contribution in [0.3, 0.4) is 0 Å². The lowest BCUT2D eigenvalue weighted by Gasteiger charge is -2.32. The molecule has 1 aliphatic rings. The van der Waals surface area contributed by atoms with E-state index in [4.69, 9.17) is 0 Å². The van der Waals surface area contributed by atoms with Gasteiger partial charge in [-0.3, -0.25) is 9.69 Å². The number of amides is 1. The lowest BCUT2D eigenvalue weighted by Crippen LogP contribution is -2.44. The van der Waals surface area contributed by atoms with Crippen LogP contribution in [0, 0.1) is 25.2 Å². The molecule has 124 valence electrons. The minimum absolute atomic E-state index is 0.128. The average molecular weight is 316 g/mol. The van der Waals surface area contributed by atoms with Crippen molar-refractivity contribution in [3.8, 4) is 6.07 Å². The van der Waals surface area contributed by atoms with Crippen molar-refractivity contribution in [1.29, 1.82) is 5.26 Å². The highest BCUT2D eigenvalue weighted by atomic mass is 16.2. The molecular weight excluding hydrogens is 292 g/mol. The lowest BCUT2D eigenvalue weighted by atomic mass is 10.0. The van der Waals surface area contributed by atoms with Crippen molar-refractivity contribution >= 4 is 11.7 Å². The van der Waals surface area contributed by atoms with Crippen LogP contribution in [0.4, 0.5) is 5.82 Å². The average Bonchev–Trinajstić information content (AvgIpc) is 2.53. The van der Waals surface area contributed by atoms with Gasteiger partial charge >= 0.3 is 0 Å². The van der Waals surface area contributed by atoms with Crippen LogP contribution < -0.4 is 5.32 Å². The van der Waals surface area contributed by atoms with Gasteiger partial charge in [-0.15, -0.1) is 5.10 Å². The van der Waals surface area contributed by atoms with Crippen molar-refractivity contribution < 1.29 is 4.79 Å². The highest BCUT2D eigenvalue weighted by Crippen LogP contribution is 2.21. The van der Waals surface area contributed by atoms with Crippen LogP contribution in [0.15, 0.2) is 0 Å². The molecule has 1 aromatic heterocycles. The van der Waals surface area contributed by atoms with Crippen LogP contribution in [0.2, 0.25) is 0 Å². The Bertz CT molecular complexity index is 614. The maximum atomic E-state index is 11.8. The van der Waals surface area contributed by atoms with E-state index in [1.165, 1.54) is 0 Å². The number of piperidine rings is 1. The SMILES string of the molecule is Cc1nnc(NC2CCN(CC(=O)N(C)C)CC2)c(C#N)c1C. The topological polar surface area (TPSA) is 85.2 Å². The largest absolute Gasteiger partial charge is 0.365 e. The normalized spacial score (nSPS) is 16.0. The molecule has 1 saturated heterocycles. The van der Waals surface area contributed by atoms with E-state index in [1.807, 2.05) is 13.8 Å². The summed E-state index contributed by atoms with van der Waals surface area (Å²) in [6, 6.07) is 2.47. The van der Waals surface area contributed by atoms with Crippen molar-refractivity contribution in [2.45, 2.75) is 32.7 Å². The number of carbonyl (C=O) groups excluding carboxylic acids is 1. The Morgan fingerprint density at radius 2 is 2.00 bits per heavy atom. The van der Waals surface area contributed by atoms with Gasteiger partial charge in [0.2, 0.25) is 5.91 Å². The van der Waals surface area contributed by atoms with Gasteiger partial charge in [-0.2, -0.15) is 10.4 Å². The molecule has 1 aliphatic heterocycles. The van der Waals surface area contributed by atoms with Gasteiger partial charge in [0.05, 0.1) is 12.2 Å². The van der Waals surface area contributed by atoms with E-state index in [0.29, 0.717) is 17.9 Å². The molecule has 0 bridgehead atoms. The second kappa shape index (κ2) is 7.38. The molecule has 7 heteroatoms. The summed E-state index contributed by atoms with van der Waals surface area (Å²) < 4.78 is 0. The summed E-state index contributed by atoms with van der Waals surface area (Å²) in [7, 11) is 3.55. The Hall–Kier alpha value is -2.20. The molecule has 0 aliphatic carbocycles. The van der Waals surface area contributed by atoms with Gasteiger partial charge in [-0.1, -0.05) is 0 Å². The number of aryl methyl sites for hydroxylation is 1. The third-order valence-corrected chi connectivity index (χ3v) is 4.35. The smallest absolute Gasteiger partial charge is 0.236 e. The Morgan fingerprint density at radius 1 is 1.35 bits per heavy atom. The molecule has 0 aromatic carbocycles. The second-order valence-electron chi connectivity index (χ2n) is 6.23. The van der Waals surface area contributed by atoms with Crippen LogP contribution in [0.25, 0.3) is 0 Å². The number of likely N-dealkylation sites (tertiary alicyclic amines) is 1. The van der Waals surface area contributed by atoms with Crippen LogP contribution in [-0.4, -0.2) is 65.7 Å². The number of carbonyl (C=O) groups is 1. The first-order chi connectivity index (χ1) is 10.9. The number of nitrogens with one attached hydrogen (secondary N) is 1. The molecule has 0 saturated carbocycles. The number of rotatable bonds is 4. The second-order valence-corrected chi connectivity index (χ2v) is 6.23. The van der Waals surface area contributed by atoms with Crippen LogP contribution in [0.5, 0.6) is 0 Å². The van der Waals surface area contributed by atoms with E-state index in [-0.39, 0.29) is 11.9 Å². The van der Waals surface area contributed by atoms with E-state index < -0.39 is 0 Å². The molecule has 2 heterocycles. The van der Waals surface area contributed by atoms with Crippen molar-refractivity contribution in [2.75, 3.05) is 39.0 Å². The molecule has 1 aromatic rings. The van der Waals surface area contributed by atoms with Gasteiger partial charge < -0.3 is 10.2 Å². The Kier molecular flexibility index (Phi) is 5.50. The molecular formula is C16H24N6O. The van der Waals surface area contributed by atoms with Crippen LogP contribution in [-0.2, 0) is 4.79 Å². The first-order valence-corrected chi connectivity index (χ1v) is 7.85. The van der Waals surface area contributed by atoms with Gasteiger partial charge in [-0.05, 0) is 32.3 Å². The number of nitriles is 1. The zero-order valence-corrected chi connectivity index (χ0v) is 14.3. The van der Waals surface area contributed by atoms with Crippen molar-refractivity contribution in [2.24, 2.45) is 0 Å². The summed E-state index contributed by atoms with van der Waals surface area (Å²) in [6.45, 7) is 5.93. The number of anilines is 1. The van der Waals surface area contributed by atoms with Gasteiger partial charge in [0.1, 0.15) is 11.6 Å².